The molecule has 6 aromatic carbocycles. The third-order valence-electron chi connectivity index (χ3n) is 23.0. The maximum Gasteiger partial charge on any atom is 0.407 e. The number of rotatable bonds is 26. The number of nitrogens with one attached hydrogen (secondary N) is 2. The van der Waals surface area contributed by atoms with Crippen molar-refractivity contribution in [1.82, 2.24) is 20.4 Å². The Hall–Kier alpha value is -10.6. The van der Waals surface area contributed by atoms with Gasteiger partial charge in [0.15, 0.2) is 35.6 Å². The van der Waals surface area contributed by atoms with Crippen LogP contribution in [0.15, 0.2) is 189 Å². The number of hydrogen-bond acceptors (Lipinski definition) is 30. The number of aliphatic carboxylic acids is 2. The quantitative estimate of drug-likeness (QED) is 0.0142. The van der Waals surface area contributed by atoms with E-state index in [-0.39, 0.29) is 139 Å². The Morgan fingerprint density at radius 3 is 1.07 bits per heavy atom. The molecule has 35 nitrogen and oxygen atoms in total. The minimum absolute atomic E-state index is 0.0121. The number of carboxylic acids is 2. The van der Waals surface area contributed by atoms with Crippen molar-refractivity contribution in [2.75, 3.05) is 52.5 Å². The fraction of sp³-hybridized carbons (Fsp3) is 0.367. The number of nitrogens with zero attached hydrogens (tertiary/aromatic N) is 2. The fourth-order valence-corrected chi connectivity index (χ4v) is 29.7. The average Bonchev–Trinajstić information content (AvgIpc) is 1.66. The van der Waals surface area contributed by atoms with Crippen molar-refractivity contribution in [2.24, 2.45) is 21.2 Å². The Morgan fingerprint density at radius 1 is 0.467 bits per heavy atom. The van der Waals surface area contributed by atoms with Crippen molar-refractivity contribution in [3.05, 3.63) is 214 Å². The summed E-state index contributed by atoms with van der Waals surface area (Å²) in [6, 6.07) is 50.9. The summed E-state index contributed by atoms with van der Waals surface area (Å²) in [6.45, 7) is 13.8. The van der Waals surface area contributed by atoms with Gasteiger partial charge < -0.3 is 55.3 Å². The maximum atomic E-state index is 13.2. The third-order valence-corrected chi connectivity index (χ3v) is 39.2. The van der Waals surface area contributed by atoms with Gasteiger partial charge in [-0.3, -0.25) is 33.6 Å². The number of esters is 3. The molecule has 0 radical (unpaired) electrons. The first-order valence-corrected chi connectivity index (χ1v) is 54.4. The summed E-state index contributed by atoms with van der Waals surface area (Å²) < 4.78 is 165. The summed E-state index contributed by atoms with van der Waals surface area (Å²) in [7, 11) is -22.9. The van der Waals surface area contributed by atoms with E-state index in [0.29, 0.717) is 53.3 Å². The van der Waals surface area contributed by atoms with Crippen LogP contribution in [0.5, 0.6) is 0 Å². The number of carboxylic acid groups (broad SMARTS) is 2. The number of sulfone groups is 3. The highest BCUT2D eigenvalue weighted by Gasteiger charge is 2.46. The first kappa shape index (κ1) is 106. The van der Waals surface area contributed by atoms with Crippen LogP contribution in [0.1, 0.15) is 186 Å². The molecule has 12 N–H and O–H groups in total. The summed E-state index contributed by atoms with van der Waals surface area (Å²) in [5.41, 5.74) is 20.2. The number of alkyl carbamates (subject to hydrolysis) is 1. The molecule has 3 aliphatic heterocycles. The van der Waals surface area contributed by atoms with Gasteiger partial charge >= 0.3 is 35.9 Å². The number of carbonyl (C=O) groups excluding carboxylic acids is 7. The van der Waals surface area contributed by atoms with E-state index in [1.54, 1.807) is 27.7 Å². The van der Waals surface area contributed by atoms with Crippen LogP contribution >= 0.6 is 45.6 Å². The predicted molar refractivity (Wildman–Crippen MR) is 505 cm³/mol. The lowest BCUT2D eigenvalue weighted by molar-refractivity contribution is -0.161. The average molecular weight is 2050 g/mol. The van der Waals surface area contributed by atoms with Gasteiger partial charge in [0.05, 0.1) is 53.6 Å². The lowest BCUT2D eigenvalue weighted by atomic mass is 9.98. The number of benzene rings is 6. The van der Waals surface area contributed by atoms with Gasteiger partial charge in [-0.2, -0.15) is 0 Å². The number of fused-ring (bicyclic) bond motifs is 12. The lowest BCUT2D eigenvalue weighted by Gasteiger charge is -2.36. The van der Waals surface area contributed by atoms with Crippen LogP contribution < -0.4 is 31.8 Å². The topological polar surface area (TPSA) is 570 Å². The van der Waals surface area contributed by atoms with Crippen LogP contribution in [0, 0.1) is 0 Å². The molecular weight excluding hydrogens is 1950 g/mol. The Balaban J connectivity index is 0.000000175. The van der Waals surface area contributed by atoms with Gasteiger partial charge in [0, 0.05) is 66.9 Å². The smallest absolute Gasteiger partial charge is 0.407 e. The number of likely N-dealkylation sites (N-methyl/N-ethyl adjacent to an activating group) is 2. The molecule has 6 heterocycles. The van der Waals surface area contributed by atoms with Crippen molar-refractivity contribution in [3.63, 3.8) is 0 Å². The Kier molecular flexibility index (Phi) is 35.6. The molecule has 3 amide bonds. The highest BCUT2D eigenvalue weighted by atomic mass is 35.5. The molecule has 726 valence electrons. The van der Waals surface area contributed by atoms with Gasteiger partial charge in [0.25, 0.3) is 0 Å². The molecule has 0 fully saturated rings. The SMILES string of the molecule is CC(=O)O[C@@H](C)C(=O)O.CCN(C(=O)CN)[C@H]1C[C@H](C)S(=O)(=O)c2sc(S(N)(=O)=O)cc21.CCN(C(=O)CNC(=O)OCC1c2ccccc2-c2ccccc21)[C@H]1C[C@H](C)S(=O)(=O)c2sc(S(N)(=O)=O)cc21.CCN[C@H]1C[C@H](C)S(=O)(=O)c2sc(S(N)(=O)=O)cc21.O=C(Cl)CCC(=O)OCC1c2ccccc2-c2ccccc21.O=C(O)CCC(=O)OCC1c2ccccc2-c2ccccc21. The number of thiophene rings is 3. The van der Waals surface area contributed by atoms with E-state index >= 15 is 0 Å². The minimum Gasteiger partial charge on any atom is -0.481 e. The molecule has 9 aromatic rings. The van der Waals surface area contributed by atoms with Crippen molar-refractivity contribution >= 4 is 158 Å². The second-order valence-corrected chi connectivity index (χ2v) is 48.5. The minimum atomic E-state index is -4.14. The summed E-state index contributed by atoms with van der Waals surface area (Å²) >= 11 is 7.21. The van der Waals surface area contributed by atoms with Gasteiger partial charge in [-0.1, -0.05) is 153 Å². The van der Waals surface area contributed by atoms with E-state index in [0.717, 1.165) is 44.7 Å². The van der Waals surface area contributed by atoms with E-state index in [1.807, 2.05) is 116 Å². The van der Waals surface area contributed by atoms with Crippen molar-refractivity contribution in [2.45, 2.75) is 183 Å². The van der Waals surface area contributed by atoms with Crippen LogP contribution in [0.3, 0.4) is 0 Å². The number of carbonyl (C=O) groups is 9. The van der Waals surface area contributed by atoms with Crippen molar-refractivity contribution in [3.8, 4) is 33.4 Å². The molecule has 0 saturated heterocycles. The summed E-state index contributed by atoms with van der Waals surface area (Å²) in [5.74, 6) is -4.41. The first-order chi connectivity index (χ1) is 63.5. The number of halogens is 1. The molecular formula is C90H103ClN8O27S9. The van der Waals surface area contributed by atoms with E-state index in [9.17, 15) is 93.7 Å². The Bertz CT molecular complexity index is 6460. The first-order valence-electron chi connectivity index (χ1n) is 42.3. The molecule has 0 bridgehead atoms. The molecule has 7 atom stereocenters. The number of amides is 3. The van der Waals surface area contributed by atoms with E-state index in [4.69, 9.17) is 57.2 Å². The van der Waals surface area contributed by atoms with Crippen LogP contribution in [-0.2, 0) is 117 Å². The summed E-state index contributed by atoms with van der Waals surface area (Å²) in [4.78, 5) is 105. The number of primary sulfonamides is 3. The van der Waals surface area contributed by atoms with E-state index in [1.165, 1.54) is 82.2 Å². The number of ether oxygens (including phenoxy) is 4. The largest absolute Gasteiger partial charge is 0.481 e. The molecule has 0 unspecified atom stereocenters. The molecule has 135 heavy (non-hydrogen) atoms. The molecule has 15 rings (SSSR count). The number of sulfonamides is 3. The van der Waals surface area contributed by atoms with Crippen molar-refractivity contribution in [1.29, 1.82) is 0 Å². The molecule has 0 spiro atoms. The van der Waals surface area contributed by atoms with Gasteiger partial charge in [0.2, 0.25) is 47.1 Å². The number of nitrogens with two attached hydrogens (primary N) is 4. The summed E-state index contributed by atoms with van der Waals surface area (Å²) in [6.07, 6.45) is -1.33. The fourth-order valence-electron chi connectivity index (χ4n) is 16.4. The predicted octanol–water partition coefficient (Wildman–Crippen LogP) is 10.9. The molecule has 0 saturated carbocycles. The lowest BCUT2D eigenvalue weighted by Crippen LogP contribution is -2.44. The highest BCUT2D eigenvalue weighted by Crippen LogP contribution is 2.51. The van der Waals surface area contributed by atoms with Gasteiger partial charge in [-0.15, -0.1) is 34.0 Å². The normalized spacial score (nSPS) is 18.3. The molecule has 6 aliphatic rings. The maximum absolute atomic E-state index is 13.2. The summed E-state index contributed by atoms with van der Waals surface area (Å²) in [5, 5.41) is 35.3. The zero-order chi connectivity index (χ0) is 99.3. The van der Waals surface area contributed by atoms with E-state index in [2.05, 4.69) is 51.8 Å². The van der Waals surface area contributed by atoms with Crippen molar-refractivity contribution < 1.29 is 123 Å². The Labute approximate surface area is 799 Å². The van der Waals surface area contributed by atoms with Crippen LogP contribution in [0.2, 0.25) is 0 Å². The number of hydrogen-bond donors (Lipinski definition) is 8. The standard InChI is InChI=1S/C27H29N3O7S3.C18H15ClO3.C18H16O4.C12H19N3O5S3.C10H16N2O4S3.C5H8O4/c1-3-30(23-12-16(2)39(33,34)26-21(23)13-25(38-26)40(28,35)36)24(31)14-29-27(32)37-15-22-19-10-6-4-8-17(19)18-9-5-7-11-20(18)22;2*19-17(20)9-10-18(21)22-11-16-14-7-3-1-5-12(14)13-6-2-4-8-15(13)16;1-3-15(10(16)6-13)9-4-7(2)22(17,18)12-8(9)5-11(21-12)23(14,19)20;1-3-12-8-4-6(2)18(13,14)10-7(8)5-9(17-10)19(11,15)16;1-3(5(7)8)9-4(2)6/h4-11,13,16,22-23H,3,12,14-15H2,1-2H3,(H,29,32)(H2,28,35,36);1-8,16H,9-11H2;1-8,16H,9-11H2,(H,19,20);5,7,9H,3-4,6,13H2,1-2H3,(H2,14,19,20);5-6,8,12H,3-4H2,1-2H3,(H2,11,15,16);3H,1-2H3,(H,7,8)/t16-,23-;;;7-,9-;6-,8-;3-/m0..000/s1. The zero-order valence-corrected chi connectivity index (χ0v) is 82.4. The molecule has 3 aromatic heterocycles. The second-order valence-electron chi connectivity index (χ2n) is 31.9. The zero-order valence-electron chi connectivity index (χ0n) is 74.3. The highest BCUT2D eigenvalue weighted by molar-refractivity contribution is 7.96. The monoisotopic (exact) mass is 2050 g/mol. The van der Waals surface area contributed by atoms with Gasteiger partial charge in [-0.05, 0) is 164 Å². The van der Waals surface area contributed by atoms with Gasteiger partial charge in [-0.25, -0.2) is 75.5 Å². The van der Waals surface area contributed by atoms with Gasteiger partial charge in [0.1, 0.15) is 51.6 Å². The molecule has 45 heteroatoms. The van der Waals surface area contributed by atoms with Crippen LogP contribution in [0.25, 0.3) is 33.4 Å². The van der Waals surface area contributed by atoms with Crippen LogP contribution in [-0.4, -0.2) is 198 Å². The molecule has 3 aliphatic carbocycles. The Morgan fingerprint density at radius 2 is 0.778 bits per heavy atom. The second kappa shape index (κ2) is 45.2. The van der Waals surface area contributed by atoms with E-state index < -0.39 is 141 Å². The van der Waals surface area contributed by atoms with Crippen LogP contribution in [0.4, 0.5) is 4.79 Å². The third kappa shape index (κ3) is 25.3.